The molecule has 0 amide bonds. The first-order valence-corrected chi connectivity index (χ1v) is 11.1. The summed E-state index contributed by atoms with van der Waals surface area (Å²) in [5, 5.41) is 36.3. The van der Waals surface area contributed by atoms with E-state index in [9.17, 15) is 20.1 Å². The summed E-state index contributed by atoms with van der Waals surface area (Å²) < 4.78 is 33.3. The van der Waals surface area contributed by atoms with Crippen molar-refractivity contribution < 1.29 is 48.2 Å². The maximum absolute atomic E-state index is 13.4. The van der Waals surface area contributed by atoms with E-state index in [4.69, 9.17) is 28.1 Å². The van der Waals surface area contributed by atoms with Gasteiger partial charge in [-0.3, -0.25) is 4.79 Å². The number of fused-ring (bicyclic) bond motifs is 4. The normalized spacial score (nSPS) is 27.5. The maximum Gasteiger partial charge on any atom is 0.313 e. The minimum atomic E-state index is -3.08. The third-order valence-electron chi connectivity index (χ3n) is 7.24. The average Bonchev–Trinajstić information content (AvgIpc) is 3.44. The number of hydrogen-bond acceptors (Lipinski definition) is 10. The molecule has 0 spiro atoms. The number of carbonyl (C=O) groups is 1. The van der Waals surface area contributed by atoms with Crippen LogP contribution in [0.5, 0.6) is 23.0 Å². The smallest absolute Gasteiger partial charge is 0.313 e. The van der Waals surface area contributed by atoms with Gasteiger partial charge in [0.1, 0.15) is 34.7 Å². The molecule has 0 saturated heterocycles. The van der Waals surface area contributed by atoms with Crippen molar-refractivity contribution in [2.75, 3.05) is 28.4 Å². The molecule has 5 rings (SSSR count). The van der Waals surface area contributed by atoms with E-state index in [-0.39, 0.29) is 28.4 Å². The topological polar surface area (TPSA) is 137 Å². The summed E-state index contributed by atoms with van der Waals surface area (Å²) in [6.45, 7) is 0. The van der Waals surface area contributed by atoms with Crippen LogP contribution in [0.4, 0.5) is 0 Å². The molecule has 10 heteroatoms. The fraction of sp³-hybridized carbons (Fsp3) is 0.346. The largest absolute Gasteiger partial charge is 0.497 e. The number of aliphatic hydroxyl groups is 3. The fourth-order valence-corrected chi connectivity index (χ4v) is 5.68. The molecule has 2 aliphatic rings. The van der Waals surface area contributed by atoms with Gasteiger partial charge >= 0.3 is 5.97 Å². The lowest BCUT2D eigenvalue weighted by molar-refractivity contribution is -0.341. The van der Waals surface area contributed by atoms with Gasteiger partial charge in [0.25, 0.3) is 0 Å². The molecule has 0 radical (unpaired) electrons. The predicted octanol–water partition coefficient (Wildman–Crippen LogP) is 2.05. The van der Waals surface area contributed by atoms with Crippen LogP contribution in [0.25, 0.3) is 0 Å². The quantitative estimate of drug-likeness (QED) is 0.342. The van der Waals surface area contributed by atoms with Crippen LogP contribution in [-0.4, -0.2) is 55.5 Å². The summed E-state index contributed by atoms with van der Waals surface area (Å²) in [6.07, 6.45) is 1.38. The molecule has 3 N–H and O–H groups in total. The molecule has 3 aromatic rings. The van der Waals surface area contributed by atoms with Gasteiger partial charge < -0.3 is 43.4 Å². The number of ether oxygens (including phenoxy) is 5. The fourth-order valence-electron chi connectivity index (χ4n) is 5.68. The van der Waals surface area contributed by atoms with Crippen molar-refractivity contribution in [3.63, 3.8) is 0 Å². The molecule has 1 saturated carbocycles. The molecule has 2 heterocycles. The van der Waals surface area contributed by atoms with Gasteiger partial charge in [-0.25, -0.2) is 0 Å². The van der Waals surface area contributed by atoms with Crippen molar-refractivity contribution in [1.29, 1.82) is 0 Å². The zero-order valence-electron chi connectivity index (χ0n) is 20.1. The molecule has 36 heavy (non-hydrogen) atoms. The van der Waals surface area contributed by atoms with Gasteiger partial charge in [-0.2, -0.15) is 0 Å². The van der Waals surface area contributed by atoms with Crippen molar-refractivity contribution >= 4 is 5.97 Å². The molecule has 1 fully saturated rings. The monoisotopic (exact) mass is 498 g/mol. The summed E-state index contributed by atoms with van der Waals surface area (Å²) in [5.41, 5.74) is -4.70. The molecular weight excluding hydrogens is 472 g/mol. The summed E-state index contributed by atoms with van der Waals surface area (Å²) in [7, 11) is 5.43. The van der Waals surface area contributed by atoms with Crippen LogP contribution < -0.4 is 18.9 Å². The van der Waals surface area contributed by atoms with E-state index in [2.05, 4.69) is 0 Å². The lowest BCUT2D eigenvalue weighted by Gasteiger charge is -2.49. The Morgan fingerprint density at radius 3 is 2.17 bits per heavy atom. The van der Waals surface area contributed by atoms with Gasteiger partial charge in [-0.05, 0) is 24.3 Å². The zero-order valence-corrected chi connectivity index (χ0v) is 20.1. The Kier molecular flexibility index (Phi) is 5.43. The summed E-state index contributed by atoms with van der Waals surface area (Å²) >= 11 is 0. The molecule has 2 bridgehead atoms. The minimum absolute atomic E-state index is 0.0247. The first kappa shape index (κ1) is 24.0. The van der Waals surface area contributed by atoms with Crippen LogP contribution in [0.2, 0.25) is 0 Å². The third-order valence-corrected chi connectivity index (χ3v) is 7.24. The predicted molar refractivity (Wildman–Crippen MR) is 123 cm³/mol. The van der Waals surface area contributed by atoms with Crippen LogP contribution in [-0.2, 0) is 20.7 Å². The second kappa shape index (κ2) is 8.16. The van der Waals surface area contributed by atoms with Crippen molar-refractivity contribution in [3.05, 3.63) is 71.7 Å². The Morgan fingerprint density at radius 1 is 0.917 bits per heavy atom. The molecule has 1 aromatic heterocycles. The highest BCUT2D eigenvalue weighted by molar-refractivity contribution is 5.80. The van der Waals surface area contributed by atoms with Crippen LogP contribution in [0.3, 0.4) is 0 Å². The highest BCUT2D eigenvalue weighted by Crippen LogP contribution is 2.71. The van der Waals surface area contributed by atoms with Gasteiger partial charge in [-0.1, -0.05) is 12.1 Å². The Hall–Kier alpha value is -3.73. The van der Waals surface area contributed by atoms with E-state index in [1.165, 1.54) is 39.7 Å². The zero-order chi connectivity index (χ0) is 25.9. The van der Waals surface area contributed by atoms with Crippen LogP contribution in [0.1, 0.15) is 22.8 Å². The summed E-state index contributed by atoms with van der Waals surface area (Å²) in [6, 6.07) is 12.4. The first-order valence-electron chi connectivity index (χ1n) is 11.1. The molecule has 1 aliphatic carbocycles. The van der Waals surface area contributed by atoms with E-state index in [0.717, 1.165) is 7.11 Å². The minimum Gasteiger partial charge on any atom is -0.497 e. The Labute approximate surface area is 206 Å². The number of hydrogen-bond donors (Lipinski definition) is 3. The van der Waals surface area contributed by atoms with Gasteiger partial charge in [-0.15, -0.1) is 0 Å². The lowest BCUT2D eigenvalue weighted by Crippen LogP contribution is -2.65. The Morgan fingerprint density at radius 2 is 1.61 bits per heavy atom. The molecule has 10 nitrogen and oxygen atoms in total. The second-order valence-corrected chi connectivity index (χ2v) is 8.70. The molecule has 190 valence electrons. The van der Waals surface area contributed by atoms with Crippen LogP contribution >= 0.6 is 0 Å². The standard InChI is InChI=1S/C26H26O10/c1-31-15-9-7-14(8-10-15)25-21(17-6-5-11-35-17)22(23(27)34-4)24(28,26(25,29)30)20-18(33-3)12-16(32-2)13-19(20)36-25/h5-13,21-22,28-30H,1-4H3/t21-,22+,24+,25+/m1/s1. The number of rotatable bonds is 6. The SMILES string of the molecule is COC(=O)[C@@H]1[C@@H](c2ccco2)[C@]2(c3ccc(OC)cc3)Oc3cc(OC)cc(OC)c3[C@@]1(O)C2(O)O. The lowest BCUT2D eigenvalue weighted by atomic mass is 9.74. The van der Waals surface area contributed by atoms with Gasteiger partial charge in [0.15, 0.2) is 5.60 Å². The third kappa shape index (κ3) is 2.80. The van der Waals surface area contributed by atoms with Gasteiger partial charge in [0.05, 0.1) is 46.2 Å². The van der Waals surface area contributed by atoms with Crippen molar-refractivity contribution in [3.8, 4) is 23.0 Å². The van der Waals surface area contributed by atoms with Crippen molar-refractivity contribution in [1.82, 2.24) is 0 Å². The first-order chi connectivity index (χ1) is 17.2. The summed E-state index contributed by atoms with van der Waals surface area (Å²) in [5.74, 6) is -5.78. The van der Waals surface area contributed by atoms with Gasteiger partial charge in [0.2, 0.25) is 11.4 Å². The van der Waals surface area contributed by atoms with Crippen molar-refractivity contribution in [2.45, 2.75) is 22.9 Å². The number of methoxy groups -OCH3 is 4. The molecule has 4 atom stereocenters. The van der Waals surface area contributed by atoms with Gasteiger partial charge in [0, 0.05) is 17.7 Å². The highest BCUT2D eigenvalue weighted by Gasteiger charge is 2.85. The number of furan rings is 1. The number of esters is 1. The second-order valence-electron chi connectivity index (χ2n) is 8.70. The van der Waals surface area contributed by atoms with Crippen LogP contribution in [0.15, 0.2) is 59.2 Å². The maximum atomic E-state index is 13.4. The Balaban J connectivity index is 1.93. The van der Waals surface area contributed by atoms with E-state index in [1.54, 1.807) is 36.4 Å². The Bertz CT molecular complexity index is 1280. The van der Waals surface area contributed by atoms with Crippen LogP contribution in [0, 0.1) is 5.92 Å². The molecule has 1 aliphatic heterocycles. The van der Waals surface area contributed by atoms with E-state index in [1.807, 2.05) is 0 Å². The van der Waals surface area contributed by atoms with E-state index in [0.29, 0.717) is 11.5 Å². The highest BCUT2D eigenvalue weighted by atomic mass is 16.6. The summed E-state index contributed by atoms with van der Waals surface area (Å²) in [4.78, 5) is 13.4. The molecule has 2 aromatic carbocycles. The average molecular weight is 498 g/mol. The molecular formula is C26H26O10. The molecule has 0 unspecified atom stereocenters. The van der Waals surface area contributed by atoms with E-state index >= 15 is 0 Å². The van der Waals surface area contributed by atoms with Crippen molar-refractivity contribution in [2.24, 2.45) is 5.92 Å². The van der Waals surface area contributed by atoms with E-state index < -0.39 is 34.8 Å². The number of carbonyl (C=O) groups excluding carboxylic acids is 1. The number of benzene rings is 2.